The van der Waals surface area contributed by atoms with Gasteiger partial charge in [0.1, 0.15) is 0 Å². The Bertz CT molecular complexity index is 376. The highest BCUT2D eigenvalue weighted by Gasteiger charge is 2.39. The molecule has 2 nitrogen and oxygen atoms in total. The molecule has 3 atom stereocenters. The van der Waals surface area contributed by atoms with Crippen molar-refractivity contribution in [3.05, 3.63) is 37.0 Å². The summed E-state index contributed by atoms with van der Waals surface area (Å²) in [6.07, 6.45) is 11.4. The second kappa shape index (κ2) is 4.60. The van der Waals surface area contributed by atoms with E-state index in [1.807, 2.05) is 18.2 Å². The van der Waals surface area contributed by atoms with Gasteiger partial charge in [0.2, 0.25) is 0 Å². The molecule has 0 saturated heterocycles. The number of fused-ring (bicyclic) bond motifs is 1. The molecule has 16 heavy (non-hydrogen) atoms. The maximum absolute atomic E-state index is 11.8. The topological polar surface area (TPSA) is 34.1 Å². The van der Waals surface area contributed by atoms with Crippen LogP contribution >= 0.6 is 0 Å². The Balaban J connectivity index is 2.21. The molecule has 0 bridgehead atoms. The van der Waals surface area contributed by atoms with Crippen LogP contribution in [0.4, 0.5) is 0 Å². The lowest BCUT2D eigenvalue weighted by Gasteiger charge is -2.33. The summed E-state index contributed by atoms with van der Waals surface area (Å²) < 4.78 is 0. The maximum Gasteiger partial charge on any atom is 0.163 e. The highest BCUT2D eigenvalue weighted by atomic mass is 16.1. The fourth-order valence-corrected chi connectivity index (χ4v) is 2.66. The first-order valence-corrected chi connectivity index (χ1v) is 5.77. The van der Waals surface area contributed by atoms with Gasteiger partial charge in [-0.1, -0.05) is 18.2 Å². The summed E-state index contributed by atoms with van der Waals surface area (Å²) in [5.41, 5.74) is 0. The van der Waals surface area contributed by atoms with E-state index in [0.717, 1.165) is 19.3 Å². The first-order chi connectivity index (χ1) is 7.74. The molecule has 0 aromatic rings. The van der Waals surface area contributed by atoms with E-state index in [0.29, 0.717) is 5.92 Å². The van der Waals surface area contributed by atoms with Crippen LogP contribution in [0.1, 0.15) is 19.3 Å². The summed E-state index contributed by atoms with van der Waals surface area (Å²) >= 11 is 0. The van der Waals surface area contributed by atoms with Crippen LogP contribution in [0.15, 0.2) is 37.0 Å². The number of ketones is 2. The average molecular weight is 216 g/mol. The van der Waals surface area contributed by atoms with Gasteiger partial charge in [0.05, 0.1) is 5.92 Å². The summed E-state index contributed by atoms with van der Waals surface area (Å²) in [5, 5.41) is 0. The monoisotopic (exact) mass is 216 g/mol. The van der Waals surface area contributed by atoms with Crippen molar-refractivity contribution in [3.8, 4) is 0 Å². The van der Waals surface area contributed by atoms with Gasteiger partial charge in [-0.05, 0) is 37.3 Å². The molecule has 0 N–H and O–H groups in total. The Labute approximate surface area is 95.7 Å². The highest BCUT2D eigenvalue weighted by molar-refractivity contribution is 6.08. The van der Waals surface area contributed by atoms with E-state index in [4.69, 9.17) is 0 Å². The van der Waals surface area contributed by atoms with Crippen LogP contribution in [0.25, 0.3) is 0 Å². The molecule has 2 aliphatic carbocycles. The minimum Gasteiger partial charge on any atom is -0.294 e. The van der Waals surface area contributed by atoms with Gasteiger partial charge in [0, 0.05) is 5.92 Å². The van der Waals surface area contributed by atoms with E-state index in [1.54, 1.807) is 0 Å². The molecule has 0 spiro atoms. The maximum atomic E-state index is 11.8. The van der Waals surface area contributed by atoms with Gasteiger partial charge in [-0.3, -0.25) is 9.59 Å². The van der Waals surface area contributed by atoms with Crippen molar-refractivity contribution < 1.29 is 9.59 Å². The number of hydrogen-bond acceptors (Lipinski definition) is 2. The zero-order chi connectivity index (χ0) is 11.5. The third kappa shape index (κ3) is 1.92. The minimum absolute atomic E-state index is 0.0733. The molecule has 3 unspecified atom stereocenters. The smallest absolute Gasteiger partial charge is 0.163 e. The lowest BCUT2D eigenvalue weighted by Crippen LogP contribution is -2.38. The number of rotatable bonds is 3. The number of carbonyl (C=O) groups is 2. The van der Waals surface area contributed by atoms with Crippen LogP contribution in [0, 0.1) is 17.8 Å². The Hall–Kier alpha value is -1.44. The summed E-state index contributed by atoms with van der Waals surface area (Å²) in [5.74, 6) is 0.157. The third-order valence-electron chi connectivity index (χ3n) is 3.49. The van der Waals surface area contributed by atoms with Crippen molar-refractivity contribution in [2.75, 3.05) is 0 Å². The van der Waals surface area contributed by atoms with Crippen LogP contribution in [-0.4, -0.2) is 11.6 Å². The summed E-state index contributed by atoms with van der Waals surface area (Å²) in [6.45, 7) is 3.70. The van der Waals surface area contributed by atoms with E-state index in [2.05, 4.69) is 6.58 Å². The SMILES string of the molecule is C=CCCC1CC=CC2C(=O)C=CC(=O)C12. The van der Waals surface area contributed by atoms with Gasteiger partial charge in [0.25, 0.3) is 0 Å². The van der Waals surface area contributed by atoms with E-state index in [-0.39, 0.29) is 23.4 Å². The van der Waals surface area contributed by atoms with Crippen LogP contribution in [0.5, 0.6) is 0 Å². The largest absolute Gasteiger partial charge is 0.294 e. The fourth-order valence-electron chi connectivity index (χ4n) is 2.66. The fraction of sp³-hybridized carbons (Fsp3) is 0.429. The van der Waals surface area contributed by atoms with E-state index in [9.17, 15) is 9.59 Å². The molecule has 84 valence electrons. The van der Waals surface area contributed by atoms with E-state index in [1.165, 1.54) is 12.2 Å². The second-order valence-corrected chi connectivity index (χ2v) is 4.48. The van der Waals surface area contributed by atoms with Crippen molar-refractivity contribution in [1.29, 1.82) is 0 Å². The Kier molecular flexibility index (Phi) is 3.18. The zero-order valence-electron chi connectivity index (χ0n) is 9.26. The predicted octanol–water partition coefficient (Wildman–Crippen LogP) is 2.47. The molecule has 0 aromatic heterocycles. The molecule has 0 amide bonds. The summed E-state index contributed by atoms with van der Waals surface area (Å²) in [6, 6.07) is 0. The van der Waals surface area contributed by atoms with Crippen LogP contribution < -0.4 is 0 Å². The predicted molar refractivity (Wildman–Crippen MR) is 62.8 cm³/mol. The lowest BCUT2D eigenvalue weighted by molar-refractivity contribution is -0.129. The summed E-state index contributed by atoms with van der Waals surface area (Å²) in [4.78, 5) is 23.5. The molecule has 2 rings (SSSR count). The first kappa shape index (κ1) is 11.1. The van der Waals surface area contributed by atoms with Crippen LogP contribution in [0.3, 0.4) is 0 Å². The normalized spacial score (nSPS) is 32.6. The zero-order valence-corrected chi connectivity index (χ0v) is 9.26. The number of hydrogen-bond donors (Lipinski definition) is 0. The molecular weight excluding hydrogens is 200 g/mol. The molecule has 0 saturated carbocycles. The van der Waals surface area contributed by atoms with Gasteiger partial charge >= 0.3 is 0 Å². The number of allylic oxidation sites excluding steroid dienone is 5. The molecule has 0 aromatic carbocycles. The van der Waals surface area contributed by atoms with Gasteiger partial charge in [-0.2, -0.15) is 0 Å². The van der Waals surface area contributed by atoms with Gasteiger partial charge in [0.15, 0.2) is 11.6 Å². The van der Waals surface area contributed by atoms with Gasteiger partial charge < -0.3 is 0 Å². The molecule has 0 radical (unpaired) electrons. The molecular formula is C14H16O2. The standard InChI is InChI=1S/C14H16O2/c1-2-3-5-10-6-4-7-11-12(15)8-9-13(16)14(10)11/h2,4,7-11,14H,1,3,5-6H2. The third-order valence-corrected chi connectivity index (χ3v) is 3.49. The summed E-state index contributed by atoms with van der Waals surface area (Å²) in [7, 11) is 0. The first-order valence-electron chi connectivity index (χ1n) is 5.77. The van der Waals surface area contributed by atoms with E-state index < -0.39 is 0 Å². The molecule has 0 fully saturated rings. The second-order valence-electron chi connectivity index (χ2n) is 4.48. The highest BCUT2D eigenvalue weighted by Crippen LogP contribution is 2.37. The van der Waals surface area contributed by atoms with Crippen molar-refractivity contribution in [2.45, 2.75) is 19.3 Å². The Morgan fingerprint density at radius 3 is 2.81 bits per heavy atom. The van der Waals surface area contributed by atoms with Gasteiger partial charge in [-0.25, -0.2) is 0 Å². The van der Waals surface area contributed by atoms with Crippen molar-refractivity contribution in [1.82, 2.24) is 0 Å². The van der Waals surface area contributed by atoms with Crippen molar-refractivity contribution in [2.24, 2.45) is 17.8 Å². The molecule has 2 aliphatic rings. The number of carbonyl (C=O) groups excluding carboxylic acids is 2. The van der Waals surface area contributed by atoms with E-state index >= 15 is 0 Å². The molecule has 0 aliphatic heterocycles. The van der Waals surface area contributed by atoms with Gasteiger partial charge in [-0.15, -0.1) is 6.58 Å². The Morgan fingerprint density at radius 2 is 2.06 bits per heavy atom. The quantitative estimate of drug-likeness (QED) is 0.679. The Morgan fingerprint density at radius 1 is 1.31 bits per heavy atom. The average Bonchev–Trinajstić information content (AvgIpc) is 2.31. The van der Waals surface area contributed by atoms with Crippen molar-refractivity contribution in [3.63, 3.8) is 0 Å². The van der Waals surface area contributed by atoms with Crippen molar-refractivity contribution >= 4 is 11.6 Å². The minimum atomic E-state index is -0.207. The molecule has 2 heteroatoms. The van der Waals surface area contributed by atoms with Crippen LogP contribution in [-0.2, 0) is 9.59 Å². The lowest BCUT2D eigenvalue weighted by atomic mass is 9.68. The van der Waals surface area contributed by atoms with Crippen LogP contribution in [0.2, 0.25) is 0 Å². The molecule has 0 heterocycles.